The highest BCUT2D eigenvalue weighted by molar-refractivity contribution is 5.77. The van der Waals surface area contributed by atoms with E-state index < -0.39 is 0 Å². The smallest absolute Gasteiger partial charge is 0.258 e. The molecule has 0 aliphatic rings. The lowest BCUT2D eigenvalue weighted by molar-refractivity contribution is -0.123. The van der Waals surface area contributed by atoms with Crippen LogP contribution in [0.4, 0.5) is 0 Å². The molecule has 0 aliphatic carbocycles. The molecule has 0 bridgehead atoms. The normalized spacial score (nSPS) is 10.7. The van der Waals surface area contributed by atoms with E-state index in [2.05, 4.69) is 22.4 Å². The van der Waals surface area contributed by atoms with Gasteiger partial charge < -0.3 is 14.5 Å². The van der Waals surface area contributed by atoms with Gasteiger partial charge in [0.2, 0.25) is 0 Å². The van der Waals surface area contributed by atoms with E-state index in [1.807, 2.05) is 77.5 Å². The van der Waals surface area contributed by atoms with Crippen LogP contribution in [0.5, 0.6) is 5.75 Å². The first-order valence-corrected chi connectivity index (χ1v) is 9.22. The maximum Gasteiger partial charge on any atom is 0.258 e. The zero-order chi connectivity index (χ0) is 19.2. The molecule has 4 aromatic rings. The van der Waals surface area contributed by atoms with E-state index in [1.54, 1.807) is 0 Å². The Morgan fingerprint density at radius 1 is 0.964 bits per heavy atom. The fourth-order valence-corrected chi connectivity index (χ4v) is 3.06. The number of rotatable bonds is 7. The third-order valence-corrected chi connectivity index (χ3v) is 4.45. The van der Waals surface area contributed by atoms with Gasteiger partial charge >= 0.3 is 0 Å². The number of amides is 1. The van der Waals surface area contributed by atoms with Crippen molar-refractivity contribution in [1.29, 1.82) is 0 Å². The SMILES string of the molecule is O=C(COc1ccccc1Cc1ccccc1)NCc1cn2ccccc2n1. The molecule has 4 rings (SSSR count). The van der Waals surface area contributed by atoms with Crippen LogP contribution in [-0.2, 0) is 17.8 Å². The number of fused-ring (bicyclic) bond motifs is 1. The van der Waals surface area contributed by atoms with Crippen LogP contribution in [0, 0.1) is 0 Å². The number of ether oxygens (including phenoxy) is 1. The second-order valence-corrected chi connectivity index (χ2v) is 6.53. The molecule has 0 atom stereocenters. The summed E-state index contributed by atoms with van der Waals surface area (Å²) in [7, 11) is 0. The number of benzene rings is 2. The molecule has 0 spiro atoms. The summed E-state index contributed by atoms with van der Waals surface area (Å²) in [5, 5.41) is 2.86. The van der Waals surface area contributed by atoms with Crippen molar-refractivity contribution in [3.05, 3.63) is 102 Å². The van der Waals surface area contributed by atoms with Gasteiger partial charge in [-0.25, -0.2) is 4.98 Å². The van der Waals surface area contributed by atoms with Crippen LogP contribution in [0.15, 0.2) is 85.2 Å². The molecule has 1 N–H and O–H groups in total. The van der Waals surface area contributed by atoms with Gasteiger partial charge in [-0.3, -0.25) is 4.79 Å². The van der Waals surface area contributed by atoms with Crippen molar-refractivity contribution in [2.24, 2.45) is 0 Å². The molecule has 140 valence electrons. The number of hydrogen-bond acceptors (Lipinski definition) is 3. The van der Waals surface area contributed by atoms with Gasteiger partial charge in [0, 0.05) is 18.8 Å². The van der Waals surface area contributed by atoms with Crippen molar-refractivity contribution >= 4 is 11.6 Å². The summed E-state index contributed by atoms with van der Waals surface area (Å²) < 4.78 is 7.71. The second-order valence-electron chi connectivity index (χ2n) is 6.53. The fourth-order valence-electron chi connectivity index (χ4n) is 3.06. The predicted molar refractivity (Wildman–Crippen MR) is 108 cm³/mol. The molecule has 0 radical (unpaired) electrons. The summed E-state index contributed by atoms with van der Waals surface area (Å²) in [6, 6.07) is 23.8. The van der Waals surface area contributed by atoms with Crippen LogP contribution in [0.1, 0.15) is 16.8 Å². The lowest BCUT2D eigenvalue weighted by atomic mass is 10.0. The molecular formula is C23H21N3O2. The van der Waals surface area contributed by atoms with E-state index >= 15 is 0 Å². The number of carbonyl (C=O) groups is 1. The fraction of sp³-hybridized carbons (Fsp3) is 0.130. The Morgan fingerprint density at radius 2 is 1.75 bits per heavy atom. The first-order valence-electron chi connectivity index (χ1n) is 9.22. The Balaban J connectivity index is 1.33. The molecule has 5 nitrogen and oxygen atoms in total. The molecule has 0 fully saturated rings. The monoisotopic (exact) mass is 371 g/mol. The lowest BCUT2D eigenvalue weighted by Crippen LogP contribution is -2.28. The minimum absolute atomic E-state index is 0.0286. The van der Waals surface area contributed by atoms with E-state index in [4.69, 9.17) is 4.74 Å². The third kappa shape index (κ3) is 4.38. The summed E-state index contributed by atoms with van der Waals surface area (Å²) in [4.78, 5) is 16.7. The van der Waals surface area contributed by atoms with Crippen LogP contribution in [0.25, 0.3) is 5.65 Å². The van der Waals surface area contributed by atoms with Crippen molar-refractivity contribution < 1.29 is 9.53 Å². The average molecular weight is 371 g/mol. The Bertz CT molecular complexity index is 1040. The standard InChI is InChI=1S/C23H21N3O2/c27-23(24-15-20-16-26-13-7-6-12-22(26)25-20)17-28-21-11-5-4-10-19(21)14-18-8-2-1-3-9-18/h1-13,16H,14-15,17H2,(H,24,27). The first kappa shape index (κ1) is 17.8. The van der Waals surface area contributed by atoms with Crippen molar-refractivity contribution in [1.82, 2.24) is 14.7 Å². The molecule has 0 saturated carbocycles. The van der Waals surface area contributed by atoms with Gasteiger partial charge in [0.25, 0.3) is 5.91 Å². The van der Waals surface area contributed by atoms with Crippen LogP contribution in [-0.4, -0.2) is 21.9 Å². The molecular weight excluding hydrogens is 350 g/mol. The quantitative estimate of drug-likeness (QED) is 0.540. The van der Waals surface area contributed by atoms with Crippen molar-refractivity contribution in [3.63, 3.8) is 0 Å². The maximum atomic E-state index is 12.2. The number of nitrogens with zero attached hydrogens (tertiary/aromatic N) is 2. The molecule has 2 aromatic heterocycles. The van der Waals surface area contributed by atoms with Crippen LogP contribution >= 0.6 is 0 Å². The topological polar surface area (TPSA) is 55.6 Å². The summed E-state index contributed by atoms with van der Waals surface area (Å²) in [5.74, 6) is 0.556. The molecule has 2 aromatic carbocycles. The first-order chi connectivity index (χ1) is 13.8. The molecule has 1 amide bonds. The minimum Gasteiger partial charge on any atom is -0.483 e. The summed E-state index contributed by atoms with van der Waals surface area (Å²) in [6.45, 7) is 0.342. The van der Waals surface area contributed by atoms with E-state index in [0.717, 1.165) is 29.1 Å². The maximum absolute atomic E-state index is 12.2. The molecule has 0 aliphatic heterocycles. The van der Waals surface area contributed by atoms with Crippen LogP contribution in [0.2, 0.25) is 0 Å². The van der Waals surface area contributed by atoms with E-state index in [9.17, 15) is 4.79 Å². The van der Waals surface area contributed by atoms with Gasteiger partial charge in [0.05, 0.1) is 12.2 Å². The Kier molecular flexibility index (Phi) is 5.33. The van der Waals surface area contributed by atoms with E-state index in [-0.39, 0.29) is 12.5 Å². The summed E-state index contributed by atoms with van der Waals surface area (Å²) in [5.41, 5.74) is 3.93. The minimum atomic E-state index is -0.174. The molecule has 0 unspecified atom stereocenters. The third-order valence-electron chi connectivity index (χ3n) is 4.45. The number of imidazole rings is 1. The molecule has 5 heteroatoms. The van der Waals surface area contributed by atoms with Gasteiger partial charge in [-0.15, -0.1) is 0 Å². The number of hydrogen-bond donors (Lipinski definition) is 1. The van der Waals surface area contributed by atoms with Gasteiger partial charge in [-0.2, -0.15) is 0 Å². The zero-order valence-electron chi connectivity index (χ0n) is 15.4. The molecule has 28 heavy (non-hydrogen) atoms. The summed E-state index contributed by atoms with van der Waals surface area (Å²) in [6.07, 6.45) is 4.60. The average Bonchev–Trinajstić information content (AvgIpc) is 3.15. The van der Waals surface area contributed by atoms with Crippen LogP contribution < -0.4 is 10.1 Å². The second kappa shape index (κ2) is 8.39. The number of nitrogens with one attached hydrogen (secondary N) is 1. The van der Waals surface area contributed by atoms with Gasteiger partial charge in [0.1, 0.15) is 11.4 Å². The largest absolute Gasteiger partial charge is 0.483 e. The highest BCUT2D eigenvalue weighted by Gasteiger charge is 2.08. The number of para-hydroxylation sites is 1. The Labute approximate surface area is 163 Å². The lowest BCUT2D eigenvalue weighted by Gasteiger charge is -2.11. The van der Waals surface area contributed by atoms with E-state index in [1.165, 1.54) is 5.56 Å². The van der Waals surface area contributed by atoms with Crippen molar-refractivity contribution in [2.75, 3.05) is 6.61 Å². The van der Waals surface area contributed by atoms with E-state index in [0.29, 0.717) is 6.54 Å². The molecule has 2 heterocycles. The predicted octanol–water partition coefficient (Wildman–Crippen LogP) is 3.62. The van der Waals surface area contributed by atoms with Crippen molar-refractivity contribution in [3.8, 4) is 5.75 Å². The highest BCUT2D eigenvalue weighted by atomic mass is 16.5. The van der Waals surface area contributed by atoms with Gasteiger partial charge in [-0.05, 0) is 29.3 Å². The molecule has 0 saturated heterocycles. The number of pyridine rings is 1. The number of carbonyl (C=O) groups excluding carboxylic acids is 1. The Hall–Kier alpha value is -3.60. The van der Waals surface area contributed by atoms with Crippen molar-refractivity contribution in [2.45, 2.75) is 13.0 Å². The summed E-state index contributed by atoms with van der Waals surface area (Å²) >= 11 is 0. The highest BCUT2D eigenvalue weighted by Crippen LogP contribution is 2.21. The van der Waals surface area contributed by atoms with Crippen LogP contribution in [0.3, 0.4) is 0 Å². The van der Waals surface area contributed by atoms with Gasteiger partial charge in [-0.1, -0.05) is 54.6 Å². The zero-order valence-corrected chi connectivity index (χ0v) is 15.4. The Morgan fingerprint density at radius 3 is 2.61 bits per heavy atom. The van der Waals surface area contributed by atoms with Gasteiger partial charge in [0.15, 0.2) is 6.61 Å². The number of aromatic nitrogens is 2.